The van der Waals surface area contributed by atoms with Gasteiger partial charge in [-0.05, 0) is 59.7 Å². The number of carbonyl (C=O) groups excluding carboxylic acids is 1. The first-order valence-corrected chi connectivity index (χ1v) is 9.38. The van der Waals surface area contributed by atoms with Crippen LogP contribution < -0.4 is 4.74 Å². The highest BCUT2D eigenvalue weighted by Gasteiger charge is 2.33. The Hall–Kier alpha value is -3.45. The summed E-state index contributed by atoms with van der Waals surface area (Å²) in [6, 6.07) is 16.0. The van der Waals surface area contributed by atoms with Crippen molar-refractivity contribution in [1.29, 1.82) is 0 Å². The summed E-state index contributed by atoms with van der Waals surface area (Å²) in [6.07, 6.45) is -3.08. The summed E-state index contributed by atoms with van der Waals surface area (Å²) in [7, 11) is 1.47. The Morgan fingerprint density at radius 1 is 1.03 bits per heavy atom. The number of methoxy groups -OCH3 is 1. The molecule has 0 fully saturated rings. The number of rotatable bonds is 4. The summed E-state index contributed by atoms with van der Waals surface area (Å²) >= 11 is 5.67. The number of hydrogen-bond acceptors (Lipinski definition) is 4. The van der Waals surface area contributed by atoms with E-state index in [1.807, 2.05) is 0 Å². The van der Waals surface area contributed by atoms with Gasteiger partial charge in [-0.25, -0.2) is 9.97 Å². The fraction of sp³-hybridized carbons (Fsp3) is 0.0870. The largest absolute Gasteiger partial charge is 0.480 e. The Balaban J connectivity index is 1.64. The van der Waals surface area contributed by atoms with Gasteiger partial charge in [0, 0.05) is 11.1 Å². The van der Waals surface area contributed by atoms with Gasteiger partial charge in [-0.2, -0.15) is 13.2 Å². The van der Waals surface area contributed by atoms with E-state index in [2.05, 4.69) is 16.0 Å². The van der Waals surface area contributed by atoms with E-state index in [1.165, 1.54) is 37.6 Å². The molecule has 3 aromatic carbocycles. The Kier molecular flexibility index (Phi) is 5.37. The Bertz CT molecular complexity index is 1290. The highest BCUT2D eigenvalue weighted by Crippen LogP contribution is 2.37. The number of benzene rings is 3. The fourth-order valence-corrected chi connectivity index (χ4v) is 3.28. The monoisotopic (exact) mass is 441 g/mol. The van der Waals surface area contributed by atoms with Gasteiger partial charge in [0.2, 0.25) is 5.88 Å². The second-order valence-corrected chi connectivity index (χ2v) is 7.04. The number of hydrogen-bond donors (Lipinski definition) is 0. The van der Waals surface area contributed by atoms with E-state index in [0.29, 0.717) is 33.6 Å². The van der Waals surface area contributed by atoms with E-state index in [9.17, 15) is 18.0 Å². The molecule has 1 aromatic heterocycles. The zero-order valence-electron chi connectivity index (χ0n) is 16.0. The van der Waals surface area contributed by atoms with Gasteiger partial charge < -0.3 is 4.74 Å². The SMILES string of the molecule is COc1cnc2ccc(C(=O)c3[c]cc(-c4ccc(Cl)c(C(F)(F)F)c4)cc3)cc2n1. The third-order valence-corrected chi connectivity index (χ3v) is 4.98. The maximum atomic E-state index is 13.1. The first kappa shape index (κ1) is 20.8. The molecule has 0 bridgehead atoms. The average molecular weight is 442 g/mol. The minimum Gasteiger partial charge on any atom is -0.480 e. The molecule has 0 amide bonds. The standard InChI is InChI=1S/C23H13ClF3N2O2/c1-31-21-12-28-19-9-7-16(11-20(19)29-21)22(30)14-4-2-13(3-5-14)15-6-8-18(24)17(10-15)23(25,26)27/h2-4,6-12H,1H3. The molecule has 0 atom stereocenters. The molecule has 0 N–H and O–H groups in total. The smallest absolute Gasteiger partial charge is 0.417 e. The molecule has 0 aliphatic heterocycles. The summed E-state index contributed by atoms with van der Waals surface area (Å²) in [5, 5.41) is -0.372. The lowest BCUT2D eigenvalue weighted by Gasteiger charge is -2.11. The number of ether oxygens (including phenoxy) is 1. The molecule has 0 aliphatic rings. The van der Waals surface area contributed by atoms with Crippen LogP contribution >= 0.6 is 11.6 Å². The van der Waals surface area contributed by atoms with Crippen LogP contribution in [0.15, 0.2) is 60.8 Å². The average Bonchev–Trinajstić information content (AvgIpc) is 2.77. The van der Waals surface area contributed by atoms with Crippen LogP contribution in [-0.2, 0) is 6.18 Å². The van der Waals surface area contributed by atoms with E-state index in [0.717, 1.165) is 6.07 Å². The van der Waals surface area contributed by atoms with Crippen LogP contribution in [0, 0.1) is 6.07 Å². The third kappa shape index (κ3) is 4.22. The van der Waals surface area contributed by atoms with Crippen LogP contribution in [0.25, 0.3) is 22.2 Å². The molecule has 4 aromatic rings. The van der Waals surface area contributed by atoms with Crippen LogP contribution in [-0.4, -0.2) is 22.9 Å². The van der Waals surface area contributed by atoms with E-state index in [4.69, 9.17) is 16.3 Å². The maximum Gasteiger partial charge on any atom is 0.417 e. The van der Waals surface area contributed by atoms with Crippen LogP contribution in [0.3, 0.4) is 0 Å². The highest BCUT2D eigenvalue weighted by molar-refractivity contribution is 6.31. The van der Waals surface area contributed by atoms with Gasteiger partial charge in [0.05, 0.1) is 34.9 Å². The predicted octanol–water partition coefficient (Wildman–Crippen LogP) is 6.01. The Morgan fingerprint density at radius 2 is 1.81 bits per heavy atom. The van der Waals surface area contributed by atoms with Gasteiger partial charge in [-0.15, -0.1) is 0 Å². The third-order valence-electron chi connectivity index (χ3n) is 4.65. The lowest BCUT2D eigenvalue weighted by molar-refractivity contribution is -0.137. The molecule has 0 unspecified atom stereocenters. The molecular weight excluding hydrogens is 429 g/mol. The van der Waals surface area contributed by atoms with Crippen LogP contribution in [0.1, 0.15) is 21.5 Å². The molecule has 0 saturated carbocycles. The molecule has 155 valence electrons. The first-order chi connectivity index (χ1) is 14.8. The van der Waals surface area contributed by atoms with Gasteiger partial charge in [0.1, 0.15) is 0 Å². The molecule has 4 rings (SSSR count). The normalized spacial score (nSPS) is 11.5. The molecule has 31 heavy (non-hydrogen) atoms. The van der Waals surface area contributed by atoms with Crippen molar-refractivity contribution < 1.29 is 22.7 Å². The molecule has 1 radical (unpaired) electrons. The van der Waals surface area contributed by atoms with E-state index >= 15 is 0 Å². The van der Waals surface area contributed by atoms with Crippen LogP contribution in [0.5, 0.6) is 5.88 Å². The first-order valence-electron chi connectivity index (χ1n) is 9.00. The van der Waals surface area contributed by atoms with Crippen LogP contribution in [0.2, 0.25) is 5.02 Å². The topological polar surface area (TPSA) is 52.1 Å². The number of ketones is 1. The van der Waals surface area contributed by atoms with Crippen molar-refractivity contribution in [3.63, 3.8) is 0 Å². The van der Waals surface area contributed by atoms with Gasteiger partial charge in [0.25, 0.3) is 0 Å². The fourth-order valence-electron chi connectivity index (χ4n) is 3.06. The Labute approximate surface area is 180 Å². The van der Waals surface area contributed by atoms with E-state index in [-0.39, 0.29) is 16.4 Å². The van der Waals surface area contributed by atoms with Crippen molar-refractivity contribution in [3.8, 4) is 17.0 Å². The lowest BCUT2D eigenvalue weighted by atomic mass is 9.98. The van der Waals surface area contributed by atoms with E-state index in [1.54, 1.807) is 24.3 Å². The highest BCUT2D eigenvalue weighted by atomic mass is 35.5. The van der Waals surface area contributed by atoms with Crippen molar-refractivity contribution in [3.05, 3.63) is 88.6 Å². The molecule has 4 nitrogen and oxygen atoms in total. The second-order valence-electron chi connectivity index (χ2n) is 6.63. The summed E-state index contributed by atoms with van der Waals surface area (Å²) < 4.78 is 44.4. The zero-order chi connectivity index (χ0) is 22.2. The number of aromatic nitrogens is 2. The number of halogens is 4. The summed E-state index contributed by atoms with van der Waals surface area (Å²) in [4.78, 5) is 21.3. The number of nitrogens with zero attached hydrogens (tertiary/aromatic N) is 2. The minimum absolute atomic E-state index is 0.268. The minimum atomic E-state index is -4.56. The molecule has 0 spiro atoms. The second kappa shape index (κ2) is 8.00. The van der Waals surface area contributed by atoms with E-state index < -0.39 is 11.7 Å². The summed E-state index contributed by atoms with van der Waals surface area (Å²) in [6.45, 7) is 0. The van der Waals surface area contributed by atoms with Crippen molar-refractivity contribution in [1.82, 2.24) is 9.97 Å². The molecule has 8 heteroatoms. The Morgan fingerprint density at radius 3 is 2.48 bits per heavy atom. The predicted molar refractivity (Wildman–Crippen MR) is 110 cm³/mol. The van der Waals surface area contributed by atoms with Gasteiger partial charge in [-0.3, -0.25) is 4.79 Å². The lowest BCUT2D eigenvalue weighted by Crippen LogP contribution is -2.06. The van der Waals surface area contributed by atoms with Crippen molar-refractivity contribution in [2.45, 2.75) is 6.18 Å². The quantitative estimate of drug-likeness (QED) is 0.364. The van der Waals surface area contributed by atoms with Crippen molar-refractivity contribution in [2.24, 2.45) is 0 Å². The zero-order valence-corrected chi connectivity index (χ0v) is 16.8. The molecule has 1 heterocycles. The van der Waals surface area contributed by atoms with Crippen molar-refractivity contribution >= 4 is 28.4 Å². The molecule has 0 saturated heterocycles. The number of carbonyl (C=O) groups is 1. The number of alkyl halides is 3. The number of fused-ring (bicyclic) bond motifs is 1. The van der Waals surface area contributed by atoms with Gasteiger partial charge >= 0.3 is 6.18 Å². The molecule has 0 aliphatic carbocycles. The van der Waals surface area contributed by atoms with Crippen LogP contribution in [0.4, 0.5) is 13.2 Å². The van der Waals surface area contributed by atoms with Gasteiger partial charge in [-0.1, -0.05) is 23.7 Å². The van der Waals surface area contributed by atoms with Crippen molar-refractivity contribution in [2.75, 3.05) is 7.11 Å². The summed E-state index contributed by atoms with van der Waals surface area (Å²) in [5.41, 5.74) is 1.64. The summed E-state index contributed by atoms with van der Waals surface area (Å²) in [5.74, 6) is 0.0272. The molecular formula is C23H13ClF3N2O2. The van der Waals surface area contributed by atoms with Gasteiger partial charge in [0.15, 0.2) is 5.78 Å². The maximum absolute atomic E-state index is 13.1.